The van der Waals surface area contributed by atoms with Gasteiger partial charge in [0, 0.05) is 6.20 Å². The van der Waals surface area contributed by atoms with Crippen LogP contribution in [0.4, 0.5) is 0 Å². The molecule has 0 bridgehead atoms. The summed E-state index contributed by atoms with van der Waals surface area (Å²) < 4.78 is 0. The first-order valence-electron chi connectivity index (χ1n) is 7.72. The van der Waals surface area contributed by atoms with Crippen molar-refractivity contribution in [3.05, 3.63) is 103 Å². The second kappa shape index (κ2) is 8.80. The van der Waals surface area contributed by atoms with Crippen molar-refractivity contribution >= 4 is 23.2 Å². The monoisotopic (exact) mass is 456 g/mol. The van der Waals surface area contributed by atoms with Crippen molar-refractivity contribution in [1.82, 2.24) is 0 Å². The highest BCUT2D eigenvalue weighted by Crippen LogP contribution is 2.61. The van der Waals surface area contributed by atoms with Gasteiger partial charge >= 0.3 is 0 Å². The first kappa shape index (κ1) is 19.2. The summed E-state index contributed by atoms with van der Waals surface area (Å²) >= 11 is 0. The predicted molar refractivity (Wildman–Crippen MR) is 103 cm³/mol. The second-order valence-corrected chi connectivity index (χ2v) is 8.71. The highest BCUT2D eigenvalue weighted by Gasteiger charge is 2.49. The number of nitrogens with zero attached hydrogens (tertiary/aromatic N) is 1. The fraction of sp³-hybridized carbons (Fsp3) is 0. The van der Waals surface area contributed by atoms with Gasteiger partial charge < -0.3 is 29.7 Å². The van der Waals surface area contributed by atoms with Crippen LogP contribution in [-0.2, 0) is 0 Å². The summed E-state index contributed by atoms with van der Waals surface area (Å²) in [5.41, 5.74) is 5.92. The molecule has 3 aromatic rings. The summed E-state index contributed by atoms with van der Waals surface area (Å²) in [6.45, 7) is 0. The van der Waals surface area contributed by atoms with E-state index in [1.807, 2.05) is 54.6 Å². The van der Waals surface area contributed by atoms with E-state index < -0.39 is 7.26 Å². The van der Waals surface area contributed by atoms with Crippen molar-refractivity contribution in [2.45, 2.75) is 0 Å². The van der Waals surface area contributed by atoms with Gasteiger partial charge in [-0.05, 0) is 36.4 Å². The highest BCUT2D eigenvalue weighted by molar-refractivity contribution is 7.99. The third-order valence-corrected chi connectivity index (χ3v) is 8.25. The fourth-order valence-electron chi connectivity index (χ4n) is 3.04. The normalized spacial score (nSPS) is 11.2. The molecule has 25 heavy (non-hydrogen) atoms. The van der Waals surface area contributed by atoms with Gasteiger partial charge in [-0.3, -0.25) is 0 Å². The van der Waals surface area contributed by atoms with Gasteiger partial charge in [0.25, 0.3) is 0 Å². The van der Waals surface area contributed by atoms with Crippen LogP contribution < -0.4 is 45.6 Å². The van der Waals surface area contributed by atoms with E-state index >= 15 is 0 Å². The molecule has 0 saturated heterocycles. The van der Waals surface area contributed by atoms with E-state index in [0.717, 1.165) is 15.9 Å². The van der Waals surface area contributed by atoms with Crippen LogP contribution in [0.3, 0.4) is 0 Å². The van der Waals surface area contributed by atoms with Gasteiger partial charge in [-0.25, -0.2) is 0 Å². The van der Waals surface area contributed by atoms with Crippen LogP contribution in [0.2, 0.25) is 0 Å². The molecular formula is C21H18IN2P. The Kier molecular flexibility index (Phi) is 6.75. The molecule has 0 aliphatic heterocycles. The van der Waals surface area contributed by atoms with Gasteiger partial charge in [0.05, 0.1) is 0 Å². The molecule has 0 heterocycles. The molecular weight excluding hydrogens is 438 g/mol. The molecule has 3 aromatic carbocycles. The first-order valence-corrected chi connectivity index (χ1v) is 9.51. The predicted octanol–water partition coefficient (Wildman–Crippen LogP) is 0.308. The summed E-state index contributed by atoms with van der Waals surface area (Å²) in [7, 11) is -2.29. The van der Waals surface area contributed by atoms with Crippen LogP contribution in [-0.4, -0.2) is 0 Å². The van der Waals surface area contributed by atoms with Crippen LogP contribution >= 0.6 is 7.26 Å². The van der Waals surface area contributed by atoms with E-state index in [2.05, 4.69) is 42.5 Å². The summed E-state index contributed by atoms with van der Waals surface area (Å²) in [6, 6.07) is 33.0. The second-order valence-electron chi connectivity index (χ2n) is 5.34. The Morgan fingerprint density at radius 3 is 1.28 bits per heavy atom. The molecule has 2 nitrogen and oxygen atoms in total. The molecule has 3 rings (SSSR count). The minimum absolute atomic E-state index is 0. The molecule has 0 fully saturated rings. The highest BCUT2D eigenvalue weighted by atomic mass is 127. The zero-order chi connectivity index (χ0) is 16.8. The summed E-state index contributed by atoms with van der Waals surface area (Å²) in [5, 5.41) is 13.9. The summed E-state index contributed by atoms with van der Waals surface area (Å²) in [4.78, 5) is 0. The molecule has 0 amide bonds. The topological polar surface area (TPSA) is 49.8 Å². The van der Waals surface area contributed by atoms with Crippen LogP contribution in [0.1, 0.15) is 0 Å². The molecule has 0 aliphatic rings. The largest absolute Gasteiger partial charge is 1.00 e. The Balaban J connectivity index is 0.00000225. The minimum atomic E-state index is -2.29. The van der Waals surface area contributed by atoms with E-state index in [0.29, 0.717) is 5.31 Å². The van der Waals surface area contributed by atoms with Crippen molar-refractivity contribution in [3.63, 3.8) is 0 Å². The molecule has 0 radical (unpaired) electrons. The Morgan fingerprint density at radius 1 is 0.720 bits per heavy atom. The lowest BCUT2D eigenvalue weighted by Crippen LogP contribution is -3.00. The number of hydrogen-bond donors (Lipinski definition) is 1. The van der Waals surface area contributed by atoms with E-state index in [9.17, 15) is 5.26 Å². The molecule has 0 aliphatic carbocycles. The quantitative estimate of drug-likeness (QED) is 0.349. The van der Waals surface area contributed by atoms with E-state index in [4.69, 9.17) is 5.73 Å². The maximum atomic E-state index is 9.88. The van der Waals surface area contributed by atoms with Gasteiger partial charge in [-0.2, -0.15) is 5.26 Å². The molecule has 2 N–H and O–H groups in total. The lowest BCUT2D eigenvalue weighted by Gasteiger charge is -2.26. The molecule has 4 heteroatoms. The first-order chi connectivity index (χ1) is 11.8. The van der Waals surface area contributed by atoms with Crippen LogP contribution in [0.25, 0.3) is 0 Å². The summed E-state index contributed by atoms with van der Waals surface area (Å²) in [6.07, 6.45) is 1.47. The molecule has 124 valence electrons. The zero-order valence-corrected chi connectivity index (χ0v) is 16.6. The van der Waals surface area contributed by atoms with Gasteiger partial charge in [-0.15, -0.1) is 0 Å². The molecule has 0 spiro atoms. The van der Waals surface area contributed by atoms with Crippen LogP contribution in [0, 0.1) is 11.3 Å². The van der Waals surface area contributed by atoms with E-state index in [-0.39, 0.29) is 24.0 Å². The maximum Gasteiger partial charge on any atom is 0.200 e. The van der Waals surface area contributed by atoms with E-state index in [1.54, 1.807) is 0 Å². The van der Waals surface area contributed by atoms with Crippen molar-refractivity contribution in [2.24, 2.45) is 5.73 Å². The number of hydrogen-bond acceptors (Lipinski definition) is 2. The van der Waals surface area contributed by atoms with Crippen molar-refractivity contribution in [3.8, 4) is 6.07 Å². The lowest BCUT2D eigenvalue weighted by molar-refractivity contribution is -0.00000494. The molecule has 0 unspecified atom stereocenters. The Bertz CT molecular complexity index is 775. The standard InChI is InChI=1S/C21H18N2P.HI/c22-16-21(17-23)24(18-10-4-1-5-11-18,19-12-6-2-7-13-19)20-14-8-3-9-15-20;/h1-16H,22H2;1H/q+1;/p-1/b21-16+;. The number of halogens is 1. The van der Waals surface area contributed by atoms with Crippen LogP contribution in [0.15, 0.2) is 103 Å². The van der Waals surface area contributed by atoms with Crippen molar-refractivity contribution in [1.29, 1.82) is 5.26 Å². The lowest BCUT2D eigenvalue weighted by atomic mass is 10.4. The molecule has 0 aromatic heterocycles. The van der Waals surface area contributed by atoms with Gasteiger partial charge in [0.2, 0.25) is 5.31 Å². The maximum absolute atomic E-state index is 9.88. The third-order valence-electron chi connectivity index (χ3n) is 4.06. The average Bonchev–Trinajstić information content (AvgIpc) is 2.68. The minimum Gasteiger partial charge on any atom is -1.00 e. The fourth-order valence-corrected chi connectivity index (χ4v) is 7.00. The molecule has 0 atom stereocenters. The SMILES string of the molecule is N#C/C(=C\N)[P+](c1ccccc1)(c1ccccc1)c1ccccc1.[I-]. The Hall–Kier alpha value is -2.15. The number of allylic oxidation sites excluding steroid dienone is 1. The number of nitriles is 1. The van der Waals surface area contributed by atoms with Gasteiger partial charge in [0.15, 0.2) is 7.26 Å². The van der Waals surface area contributed by atoms with Crippen molar-refractivity contribution < 1.29 is 24.0 Å². The number of nitrogens with two attached hydrogens (primary N) is 1. The Morgan fingerprint density at radius 2 is 1.04 bits per heavy atom. The molecule has 0 saturated carbocycles. The van der Waals surface area contributed by atoms with Crippen molar-refractivity contribution in [2.75, 3.05) is 0 Å². The van der Waals surface area contributed by atoms with Gasteiger partial charge in [-0.1, -0.05) is 54.6 Å². The Labute approximate surface area is 166 Å². The van der Waals surface area contributed by atoms with Gasteiger partial charge in [0.1, 0.15) is 22.0 Å². The zero-order valence-electron chi connectivity index (χ0n) is 13.6. The van der Waals surface area contributed by atoms with Crippen LogP contribution in [0.5, 0.6) is 0 Å². The number of rotatable bonds is 4. The third kappa shape index (κ3) is 3.46. The average molecular weight is 456 g/mol. The smallest absolute Gasteiger partial charge is 0.200 e. The number of benzene rings is 3. The summed E-state index contributed by atoms with van der Waals surface area (Å²) in [5.74, 6) is 0. The van der Waals surface area contributed by atoms with E-state index in [1.165, 1.54) is 6.20 Å².